The fourth-order valence-corrected chi connectivity index (χ4v) is 3.53. The summed E-state index contributed by atoms with van der Waals surface area (Å²) in [5.74, 6) is 0. The molecule has 4 heteroatoms. The molecule has 0 saturated heterocycles. The summed E-state index contributed by atoms with van der Waals surface area (Å²) < 4.78 is 0. The molecule has 0 radical (unpaired) electrons. The Bertz CT molecular complexity index is 640. The molecule has 1 aliphatic rings. The largest absolute Gasteiger partial charge is 0.494 e. The molecule has 2 aromatic carbocycles. The first-order valence-electron chi connectivity index (χ1n) is 7.52. The lowest BCUT2D eigenvalue weighted by Gasteiger charge is -2.28. The number of para-hydroxylation sites is 2. The second-order valence-electron chi connectivity index (χ2n) is 5.90. The van der Waals surface area contributed by atoms with Gasteiger partial charge in [0.05, 0.1) is 0 Å². The highest BCUT2D eigenvalue weighted by Gasteiger charge is 2.35. The number of nitrogens with zero attached hydrogens (tertiary/aromatic N) is 2. The summed E-state index contributed by atoms with van der Waals surface area (Å²) >= 11 is 6.79. The minimum atomic E-state index is -0.250. The van der Waals surface area contributed by atoms with Gasteiger partial charge in [-0.05, 0) is 49.9 Å². The van der Waals surface area contributed by atoms with E-state index < -0.39 is 0 Å². The van der Waals surface area contributed by atoms with Crippen molar-refractivity contribution >= 4 is 29.2 Å². The molecule has 0 unspecified atom stereocenters. The summed E-state index contributed by atoms with van der Waals surface area (Å²) in [6.07, 6.45) is 3.89. The molecule has 1 aliphatic heterocycles. The lowest BCUT2D eigenvalue weighted by Crippen LogP contribution is -2.40. The van der Waals surface area contributed by atoms with E-state index in [1.165, 1.54) is 33.6 Å². The van der Waals surface area contributed by atoms with E-state index in [1.54, 1.807) is 0 Å². The third-order valence-corrected chi connectivity index (χ3v) is 4.66. The van der Waals surface area contributed by atoms with E-state index in [9.17, 15) is 0 Å². The summed E-state index contributed by atoms with van der Waals surface area (Å²) in [6, 6.07) is 12.7. The number of rotatable bonds is 2. The summed E-state index contributed by atoms with van der Waals surface area (Å²) in [7, 11) is 0. The topological polar surface area (TPSA) is 6.48 Å². The molecule has 2 aromatic rings. The molecule has 0 amide bonds. The zero-order chi connectivity index (χ0) is 15.9. The predicted octanol–water partition coefficient (Wildman–Crippen LogP) is 4.94. The van der Waals surface area contributed by atoms with Crippen LogP contribution in [0.4, 0.5) is 11.4 Å². The number of hydrogen-bond acceptors (Lipinski definition) is 2. The van der Waals surface area contributed by atoms with Crippen LogP contribution in [-0.4, -0.2) is 6.40 Å². The van der Waals surface area contributed by atoms with Gasteiger partial charge < -0.3 is 9.62 Å². The van der Waals surface area contributed by atoms with Gasteiger partial charge in [0, 0.05) is 23.8 Å². The quantitative estimate of drug-likeness (QED) is 0.725. The first-order valence-corrected chi connectivity index (χ1v) is 7.96. The standard InChI is InChI=1S/C18H20BClN2/c1-13-7-5-8-14(2)17(13)21-11-12-22(19(21)20)18-15(3)9-6-10-16(18)4/h5-12H,1-4H3. The lowest BCUT2D eigenvalue weighted by molar-refractivity contribution is 1.28. The van der Waals surface area contributed by atoms with E-state index in [2.05, 4.69) is 86.1 Å². The average molecular weight is 311 g/mol. The Morgan fingerprint density at radius 2 is 1.00 bits per heavy atom. The molecule has 3 rings (SSSR count). The van der Waals surface area contributed by atoms with Crippen molar-refractivity contribution in [3.05, 3.63) is 71.1 Å². The van der Waals surface area contributed by atoms with Gasteiger partial charge in [-0.3, -0.25) is 0 Å². The van der Waals surface area contributed by atoms with Gasteiger partial charge in [0.1, 0.15) is 0 Å². The van der Waals surface area contributed by atoms with Crippen molar-refractivity contribution < 1.29 is 0 Å². The van der Waals surface area contributed by atoms with Crippen LogP contribution in [-0.2, 0) is 0 Å². The molecule has 0 aromatic heterocycles. The average Bonchev–Trinajstić information content (AvgIpc) is 2.81. The molecule has 0 aliphatic carbocycles. The molecular formula is C18H20BClN2. The molecule has 0 bridgehead atoms. The number of halogens is 1. The van der Waals surface area contributed by atoms with Gasteiger partial charge in [-0.2, -0.15) is 0 Å². The minimum Gasteiger partial charge on any atom is -0.356 e. The first-order chi connectivity index (χ1) is 10.5. The maximum absolute atomic E-state index is 6.79. The van der Waals surface area contributed by atoms with Gasteiger partial charge in [0.2, 0.25) is 0 Å². The molecule has 0 N–H and O–H groups in total. The van der Waals surface area contributed by atoms with Gasteiger partial charge in [-0.25, -0.2) is 0 Å². The van der Waals surface area contributed by atoms with Crippen LogP contribution in [0.3, 0.4) is 0 Å². The maximum Gasteiger partial charge on any atom is 0.494 e. The summed E-state index contributed by atoms with van der Waals surface area (Å²) in [6.45, 7) is 8.51. The van der Waals surface area contributed by atoms with Crippen LogP contribution in [0.15, 0.2) is 48.8 Å². The fourth-order valence-electron chi connectivity index (χ4n) is 3.21. The molecule has 112 valence electrons. The molecular weight excluding hydrogens is 290 g/mol. The van der Waals surface area contributed by atoms with Crippen molar-refractivity contribution in [3.8, 4) is 0 Å². The number of anilines is 2. The van der Waals surface area contributed by atoms with Crippen LogP contribution in [0.2, 0.25) is 0 Å². The fraction of sp³-hybridized carbons (Fsp3) is 0.222. The van der Waals surface area contributed by atoms with E-state index in [0.717, 1.165) is 0 Å². The monoisotopic (exact) mass is 310 g/mol. The van der Waals surface area contributed by atoms with Crippen molar-refractivity contribution in [3.63, 3.8) is 0 Å². The first kappa shape index (κ1) is 15.0. The summed E-state index contributed by atoms with van der Waals surface area (Å²) in [5.41, 5.74) is 7.31. The second kappa shape index (κ2) is 5.73. The molecule has 2 nitrogen and oxygen atoms in total. The smallest absolute Gasteiger partial charge is 0.356 e. The maximum atomic E-state index is 6.79. The zero-order valence-corrected chi connectivity index (χ0v) is 14.2. The SMILES string of the molecule is Cc1cccc(C)c1N1C=CN(c2c(C)cccc2C)B1Cl. The van der Waals surface area contributed by atoms with Crippen LogP contribution < -0.4 is 9.62 Å². The molecule has 0 spiro atoms. The Kier molecular flexibility index (Phi) is 3.92. The van der Waals surface area contributed by atoms with E-state index in [0.29, 0.717) is 0 Å². The predicted molar refractivity (Wildman–Crippen MR) is 97.5 cm³/mol. The third-order valence-electron chi connectivity index (χ3n) is 4.24. The van der Waals surface area contributed by atoms with Gasteiger partial charge in [0.15, 0.2) is 0 Å². The number of benzene rings is 2. The lowest BCUT2D eigenvalue weighted by atomic mass is 9.96. The normalized spacial score (nSPS) is 14.1. The van der Waals surface area contributed by atoms with Crippen molar-refractivity contribution in [2.45, 2.75) is 27.7 Å². The van der Waals surface area contributed by atoms with E-state index in [4.69, 9.17) is 11.5 Å². The van der Waals surface area contributed by atoms with E-state index >= 15 is 0 Å². The highest BCUT2D eigenvalue weighted by Crippen LogP contribution is 2.35. The Balaban J connectivity index is 2.00. The van der Waals surface area contributed by atoms with Gasteiger partial charge in [-0.1, -0.05) is 36.4 Å². The Morgan fingerprint density at radius 1 is 0.682 bits per heavy atom. The molecule has 0 atom stereocenters. The van der Waals surface area contributed by atoms with Gasteiger partial charge >= 0.3 is 6.40 Å². The van der Waals surface area contributed by atoms with Crippen LogP contribution >= 0.6 is 11.5 Å². The highest BCUT2D eigenvalue weighted by atomic mass is 35.5. The molecule has 0 fully saturated rings. The van der Waals surface area contributed by atoms with Crippen LogP contribution in [0.1, 0.15) is 22.3 Å². The highest BCUT2D eigenvalue weighted by molar-refractivity contribution is 7.11. The summed E-state index contributed by atoms with van der Waals surface area (Å²) in [5, 5.41) is 0. The van der Waals surface area contributed by atoms with Crippen molar-refractivity contribution in [2.75, 3.05) is 9.62 Å². The van der Waals surface area contributed by atoms with Crippen LogP contribution in [0.25, 0.3) is 0 Å². The van der Waals surface area contributed by atoms with Gasteiger partial charge in [0.25, 0.3) is 0 Å². The van der Waals surface area contributed by atoms with Crippen molar-refractivity contribution in [1.82, 2.24) is 0 Å². The van der Waals surface area contributed by atoms with Crippen LogP contribution in [0, 0.1) is 27.7 Å². The molecule has 22 heavy (non-hydrogen) atoms. The zero-order valence-electron chi connectivity index (χ0n) is 13.5. The summed E-state index contributed by atoms with van der Waals surface area (Å²) in [4.78, 5) is 4.27. The molecule has 1 heterocycles. The Labute approximate surface area is 138 Å². The second-order valence-corrected chi connectivity index (χ2v) is 6.29. The minimum absolute atomic E-state index is 0.250. The van der Waals surface area contributed by atoms with Crippen LogP contribution in [0.5, 0.6) is 0 Å². The van der Waals surface area contributed by atoms with E-state index in [-0.39, 0.29) is 6.40 Å². The van der Waals surface area contributed by atoms with Gasteiger partial charge in [-0.15, -0.1) is 11.5 Å². The van der Waals surface area contributed by atoms with Crippen molar-refractivity contribution in [1.29, 1.82) is 0 Å². The Morgan fingerprint density at radius 3 is 1.32 bits per heavy atom. The number of hydrogen-bond donors (Lipinski definition) is 0. The molecule has 0 saturated carbocycles. The Hall–Kier alpha value is -1.87. The van der Waals surface area contributed by atoms with Crippen molar-refractivity contribution in [2.24, 2.45) is 0 Å². The third kappa shape index (κ3) is 2.40. The van der Waals surface area contributed by atoms with E-state index in [1.807, 2.05) is 0 Å². The number of aryl methyl sites for hydroxylation is 4.